The van der Waals surface area contributed by atoms with Crippen LogP contribution in [0.4, 0.5) is 38.2 Å². The van der Waals surface area contributed by atoms with Gasteiger partial charge in [-0.15, -0.1) is 5.10 Å². The molecule has 2 heterocycles. The van der Waals surface area contributed by atoms with E-state index in [-0.39, 0.29) is 58.1 Å². The second-order valence-corrected chi connectivity index (χ2v) is 11.7. The van der Waals surface area contributed by atoms with Gasteiger partial charge in [-0.05, 0) is 49.2 Å². The lowest BCUT2D eigenvalue weighted by Gasteiger charge is -2.32. The van der Waals surface area contributed by atoms with Crippen molar-refractivity contribution in [3.8, 4) is 16.8 Å². The SMILES string of the molecule is Nc1nc(N)n(-c2cc(Cl)c(-c3ccc(S(=O)(=O)C4CCCN(CCC(F)(F)F)C4)cc3)c(C(F)(F)F)c2)n1. The average molecular weight is 597 g/mol. The Bertz CT molecular complexity index is 1460. The molecule has 3 aromatic rings. The number of rotatable bonds is 6. The highest BCUT2D eigenvalue weighted by molar-refractivity contribution is 7.92. The van der Waals surface area contributed by atoms with Crippen LogP contribution in [0.15, 0.2) is 41.3 Å². The van der Waals surface area contributed by atoms with Gasteiger partial charge in [0.2, 0.25) is 11.9 Å². The van der Waals surface area contributed by atoms with Gasteiger partial charge in [0.25, 0.3) is 0 Å². The quantitative estimate of drug-likeness (QED) is 0.386. The monoisotopic (exact) mass is 596 g/mol. The second kappa shape index (κ2) is 10.5. The number of hydrogen-bond acceptors (Lipinski definition) is 7. The molecule has 0 saturated carbocycles. The van der Waals surface area contributed by atoms with Crippen molar-refractivity contribution in [1.82, 2.24) is 19.7 Å². The van der Waals surface area contributed by atoms with E-state index in [1.165, 1.54) is 35.2 Å². The van der Waals surface area contributed by atoms with E-state index in [9.17, 15) is 34.8 Å². The van der Waals surface area contributed by atoms with Crippen LogP contribution >= 0.6 is 11.6 Å². The molecular weight excluding hydrogens is 574 g/mol. The summed E-state index contributed by atoms with van der Waals surface area (Å²) in [5.41, 5.74) is 9.49. The van der Waals surface area contributed by atoms with Crippen molar-refractivity contribution >= 4 is 33.3 Å². The minimum atomic E-state index is -4.86. The zero-order valence-corrected chi connectivity index (χ0v) is 21.7. The summed E-state index contributed by atoms with van der Waals surface area (Å²) in [6, 6.07) is 6.70. The molecule has 212 valence electrons. The summed E-state index contributed by atoms with van der Waals surface area (Å²) in [7, 11) is -3.96. The van der Waals surface area contributed by atoms with Gasteiger partial charge in [-0.25, -0.2) is 8.42 Å². The lowest BCUT2D eigenvalue weighted by molar-refractivity contribution is -0.138. The van der Waals surface area contributed by atoms with Crippen LogP contribution in [0, 0.1) is 0 Å². The Kier molecular flexibility index (Phi) is 7.80. The van der Waals surface area contributed by atoms with Gasteiger partial charge in [0.15, 0.2) is 9.84 Å². The standard InChI is InChI=1S/C23H23ClF6N6O2S/c24-18-11-14(36-21(32)33-20(31)34-36)10-17(23(28,29)30)19(18)13-3-5-15(6-4-13)39(37,38)16-2-1-8-35(12-16)9-7-22(25,26)27/h3-6,10-11,16H,1-2,7-9,12H2,(H4,31,32,33,34). The molecule has 0 bridgehead atoms. The summed E-state index contributed by atoms with van der Waals surface area (Å²) in [6.45, 7) is -0.0276. The highest BCUT2D eigenvalue weighted by atomic mass is 35.5. The Labute approximate surface area is 224 Å². The summed E-state index contributed by atoms with van der Waals surface area (Å²) in [6.07, 6.45) is -9.60. The van der Waals surface area contributed by atoms with Gasteiger partial charge in [0, 0.05) is 18.7 Å². The summed E-state index contributed by atoms with van der Waals surface area (Å²) >= 11 is 6.28. The maximum absolute atomic E-state index is 14.1. The number of alkyl halides is 6. The number of benzene rings is 2. The molecule has 1 fully saturated rings. The number of aromatic nitrogens is 3. The molecule has 1 atom stereocenters. The maximum atomic E-state index is 14.1. The van der Waals surface area contributed by atoms with Crippen LogP contribution in [0.2, 0.25) is 5.02 Å². The van der Waals surface area contributed by atoms with E-state index in [2.05, 4.69) is 10.1 Å². The van der Waals surface area contributed by atoms with Crippen LogP contribution < -0.4 is 11.5 Å². The zero-order valence-electron chi connectivity index (χ0n) is 20.1. The molecule has 0 aliphatic carbocycles. The lowest BCUT2D eigenvalue weighted by atomic mass is 9.98. The van der Waals surface area contributed by atoms with E-state index >= 15 is 0 Å². The van der Waals surface area contributed by atoms with Crippen molar-refractivity contribution in [1.29, 1.82) is 0 Å². The molecule has 39 heavy (non-hydrogen) atoms. The second-order valence-electron chi connectivity index (χ2n) is 9.09. The number of anilines is 2. The molecule has 0 radical (unpaired) electrons. The number of likely N-dealkylation sites (tertiary alicyclic amines) is 1. The van der Waals surface area contributed by atoms with Gasteiger partial charge in [0.05, 0.1) is 32.8 Å². The van der Waals surface area contributed by atoms with E-state index in [1.54, 1.807) is 0 Å². The fraction of sp³-hybridized carbons (Fsp3) is 0.391. The zero-order chi connectivity index (χ0) is 28.8. The highest BCUT2D eigenvalue weighted by Gasteiger charge is 2.37. The van der Waals surface area contributed by atoms with Gasteiger partial charge in [-0.2, -0.15) is 36.0 Å². The van der Waals surface area contributed by atoms with Gasteiger partial charge in [0.1, 0.15) is 0 Å². The van der Waals surface area contributed by atoms with Crippen molar-refractivity contribution in [2.24, 2.45) is 0 Å². The van der Waals surface area contributed by atoms with Crippen LogP contribution in [0.3, 0.4) is 0 Å². The fourth-order valence-corrected chi connectivity index (χ4v) is 6.63. The third-order valence-corrected chi connectivity index (χ3v) is 8.85. The van der Waals surface area contributed by atoms with Crippen molar-refractivity contribution in [3.63, 3.8) is 0 Å². The summed E-state index contributed by atoms with van der Waals surface area (Å²) in [5.74, 6) is -0.502. The number of halogens is 7. The summed E-state index contributed by atoms with van der Waals surface area (Å²) in [5, 5.41) is 2.51. The number of nitrogens with zero attached hydrogens (tertiary/aromatic N) is 4. The van der Waals surface area contributed by atoms with E-state index in [1.807, 2.05) is 0 Å². The fourth-order valence-electron chi connectivity index (χ4n) is 4.52. The Hall–Kier alpha value is -3.04. The molecule has 0 spiro atoms. The number of nitrogens with two attached hydrogens (primary N) is 2. The first-order valence-electron chi connectivity index (χ1n) is 11.6. The molecule has 1 unspecified atom stereocenters. The molecule has 1 saturated heterocycles. The topological polar surface area (TPSA) is 120 Å². The summed E-state index contributed by atoms with van der Waals surface area (Å²) < 4.78 is 107. The molecule has 1 aliphatic rings. The predicted molar refractivity (Wildman–Crippen MR) is 133 cm³/mol. The van der Waals surface area contributed by atoms with Gasteiger partial charge >= 0.3 is 12.4 Å². The van der Waals surface area contributed by atoms with Crippen LogP contribution in [0.25, 0.3) is 16.8 Å². The van der Waals surface area contributed by atoms with Crippen LogP contribution in [0.5, 0.6) is 0 Å². The third-order valence-electron chi connectivity index (χ3n) is 6.36. The first-order chi connectivity index (χ1) is 18.1. The Morgan fingerprint density at radius 1 is 1.05 bits per heavy atom. The summed E-state index contributed by atoms with van der Waals surface area (Å²) in [4.78, 5) is 4.97. The van der Waals surface area contributed by atoms with Crippen molar-refractivity contribution in [2.45, 2.75) is 41.8 Å². The maximum Gasteiger partial charge on any atom is 0.417 e. The first-order valence-corrected chi connectivity index (χ1v) is 13.5. The third kappa shape index (κ3) is 6.41. The first kappa shape index (κ1) is 29.0. The Balaban J connectivity index is 1.64. The molecule has 8 nitrogen and oxygen atoms in total. The van der Waals surface area contributed by atoms with E-state index in [0.29, 0.717) is 13.0 Å². The van der Waals surface area contributed by atoms with Gasteiger partial charge in [-0.1, -0.05) is 23.7 Å². The van der Waals surface area contributed by atoms with E-state index < -0.39 is 39.4 Å². The molecule has 1 aliphatic heterocycles. The average Bonchev–Trinajstić information content (AvgIpc) is 3.19. The molecule has 0 amide bonds. The number of sulfone groups is 1. The van der Waals surface area contributed by atoms with Crippen molar-refractivity contribution in [2.75, 3.05) is 31.1 Å². The number of hydrogen-bond donors (Lipinski definition) is 2. The Morgan fingerprint density at radius 2 is 1.72 bits per heavy atom. The minimum absolute atomic E-state index is 0.000603. The van der Waals surface area contributed by atoms with E-state index in [4.69, 9.17) is 23.1 Å². The van der Waals surface area contributed by atoms with Crippen molar-refractivity contribution < 1.29 is 34.8 Å². The molecule has 2 aromatic carbocycles. The molecule has 4 N–H and O–H groups in total. The molecule has 1 aromatic heterocycles. The lowest BCUT2D eigenvalue weighted by Crippen LogP contribution is -2.43. The van der Waals surface area contributed by atoms with Crippen LogP contribution in [0.1, 0.15) is 24.8 Å². The van der Waals surface area contributed by atoms with Gasteiger partial charge < -0.3 is 16.4 Å². The number of nitrogen functional groups attached to an aromatic ring is 2. The van der Waals surface area contributed by atoms with Crippen LogP contribution in [-0.4, -0.2) is 59.1 Å². The van der Waals surface area contributed by atoms with Gasteiger partial charge in [-0.3, -0.25) is 0 Å². The normalized spacial score (nSPS) is 17.5. The highest BCUT2D eigenvalue weighted by Crippen LogP contribution is 2.43. The smallest absolute Gasteiger partial charge is 0.368 e. The molecule has 16 heteroatoms. The van der Waals surface area contributed by atoms with Crippen LogP contribution in [-0.2, 0) is 16.0 Å². The Morgan fingerprint density at radius 3 is 2.28 bits per heavy atom. The minimum Gasteiger partial charge on any atom is -0.368 e. The number of piperidine rings is 1. The van der Waals surface area contributed by atoms with E-state index in [0.717, 1.165) is 10.7 Å². The molecule has 4 rings (SSSR count). The predicted octanol–water partition coefficient (Wildman–Crippen LogP) is 4.96. The van der Waals surface area contributed by atoms with Crippen molar-refractivity contribution in [3.05, 3.63) is 47.0 Å². The largest absolute Gasteiger partial charge is 0.417 e. The molecular formula is C23H23ClF6N6O2S.